The normalized spacial score (nSPS) is 9.89. The van der Waals surface area contributed by atoms with Crippen molar-refractivity contribution >= 4 is 0 Å². The minimum absolute atomic E-state index is 0. The Morgan fingerprint density at radius 1 is 0.579 bits per heavy atom. The molecule has 0 aromatic rings. The van der Waals surface area contributed by atoms with Crippen molar-refractivity contribution in [3.63, 3.8) is 0 Å². The van der Waals surface area contributed by atoms with Crippen LogP contribution in [0.3, 0.4) is 0 Å². The zero-order chi connectivity index (χ0) is 13.3. The summed E-state index contributed by atoms with van der Waals surface area (Å²) in [6, 6.07) is 0. The standard InChI is InChI=1S/C18H33.Ag/c1-3-5-7-9-11-13-15-17-18-16-14-12-10-8-6-4-2;/h3,5-18H2,1H3;/q-1;+1. The molecule has 0 nitrogen and oxygen atoms in total. The van der Waals surface area contributed by atoms with Gasteiger partial charge in [0.15, 0.2) is 0 Å². The summed E-state index contributed by atoms with van der Waals surface area (Å²) in [5.41, 5.74) is 0. The summed E-state index contributed by atoms with van der Waals surface area (Å²) in [5.74, 6) is 2.46. The van der Waals surface area contributed by atoms with Crippen LogP contribution in [0.4, 0.5) is 0 Å². The molecule has 1 heteroatoms. The molecule has 0 saturated heterocycles. The molecule has 0 saturated carbocycles. The molecule has 0 bridgehead atoms. The van der Waals surface area contributed by atoms with E-state index < -0.39 is 0 Å². The summed E-state index contributed by atoms with van der Waals surface area (Å²) in [5, 5.41) is 0. The van der Waals surface area contributed by atoms with Crippen LogP contribution in [0.2, 0.25) is 0 Å². The van der Waals surface area contributed by atoms with Gasteiger partial charge in [0.25, 0.3) is 0 Å². The second-order valence-electron chi connectivity index (χ2n) is 5.52. The van der Waals surface area contributed by atoms with Gasteiger partial charge in [0, 0.05) is 0 Å². The Morgan fingerprint density at radius 3 is 1.21 bits per heavy atom. The Kier molecular flexibility index (Phi) is 23.4. The molecule has 0 unspecified atom stereocenters. The van der Waals surface area contributed by atoms with Crippen molar-refractivity contribution in [1.82, 2.24) is 0 Å². The molecule has 0 aliphatic rings. The van der Waals surface area contributed by atoms with Crippen LogP contribution in [0.25, 0.3) is 0 Å². The van der Waals surface area contributed by atoms with Crippen molar-refractivity contribution in [2.24, 2.45) is 0 Å². The van der Waals surface area contributed by atoms with Gasteiger partial charge < -0.3 is 12.3 Å². The van der Waals surface area contributed by atoms with Crippen molar-refractivity contribution in [3.8, 4) is 5.92 Å². The third-order valence-electron chi connectivity index (χ3n) is 3.66. The molecule has 0 radical (unpaired) electrons. The molecular formula is C18H33Ag. The maximum absolute atomic E-state index is 6.82. The molecule has 0 aromatic carbocycles. The van der Waals surface area contributed by atoms with Gasteiger partial charge in [-0.05, 0) is 12.8 Å². The minimum atomic E-state index is 0. The van der Waals surface area contributed by atoms with Gasteiger partial charge in [-0.15, -0.1) is 0 Å². The molecule has 0 aliphatic heterocycles. The Bertz CT molecular complexity index is 181. The molecular weight excluding hydrogens is 324 g/mol. The number of hydrogen-bond acceptors (Lipinski definition) is 0. The Hall–Kier alpha value is 0.300. The van der Waals surface area contributed by atoms with E-state index in [0.717, 1.165) is 6.42 Å². The van der Waals surface area contributed by atoms with Gasteiger partial charge in [-0.2, -0.15) is 0 Å². The smallest absolute Gasteiger partial charge is 0.694 e. The van der Waals surface area contributed by atoms with E-state index in [1.807, 2.05) is 0 Å². The predicted molar refractivity (Wildman–Crippen MR) is 82.1 cm³/mol. The average Bonchev–Trinajstić information content (AvgIpc) is 2.39. The van der Waals surface area contributed by atoms with Gasteiger partial charge in [0.1, 0.15) is 0 Å². The Labute approximate surface area is 138 Å². The summed E-state index contributed by atoms with van der Waals surface area (Å²) in [4.78, 5) is 0. The third-order valence-corrected chi connectivity index (χ3v) is 3.66. The molecule has 0 rings (SSSR count). The topological polar surface area (TPSA) is 0 Å². The largest absolute Gasteiger partial charge is 1.00 e. The van der Waals surface area contributed by atoms with E-state index in [1.165, 1.54) is 89.9 Å². The van der Waals surface area contributed by atoms with Crippen LogP contribution in [-0.4, -0.2) is 0 Å². The van der Waals surface area contributed by atoms with E-state index >= 15 is 0 Å². The van der Waals surface area contributed by atoms with Crippen LogP contribution in [0.15, 0.2) is 0 Å². The third kappa shape index (κ3) is 20.8. The fourth-order valence-electron chi connectivity index (χ4n) is 2.41. The Morgan fingerprint density at radius 2 is 0.895 bits per heavy atom. The maximum atomic E-state index is 6.82. The van der Waals surface area contributed by atoms with Gasteiger partial charge in [0.05, 0.1) is 0 Å². The van der Waals surface area contributed by atoms with E-state index in [-0.39, 0.29) is 22.4 Å². The monoisotopic (exact) mass is 356 g/mol. The van der Waals surface area contributed by atoms with Gasteiger partial charge in [-0.25, -0.2) is 0 Å². The molecule has 0 spiro atoms. The van der Waals surface area contributed by atoms with Crippen molar-refractivity contribution in [3.05, 3.63) is 6.42 Å². The van der Waals surface area contributed by atoms with E-state index in [9.17, 15) is 0 Å². The van der Waals surface area contributed by atoms with E-state index in [0.29, 0.717) is 0 Å². The van der Waals surface area contributed by atoms with Gasteiger partial charge in [-0.1, -0.05) is 90.4 Å². The van der Waals surface area contributed by atoms with Crippen LogP contribution >= 0.6 is 0 Å². The first-order valence-corrected chi connectivity index (χ1v) is 8.31. The molecule has 0 atom stereocenters. The average molecular weight is 357 g/mol. The zero-order valence-corrected chi connectivity index (χ0v) is 14.4. The van der Waals surface area contributed by atoms with Gasteiger partial charge in [0.2, 0.25) is 0 Å². The molecule has 0 N–H and O–H groups in total. The van der Waals surface area contributed by atoms with Crippen LogP contribution in [0.1, 0.15) is 103 Å². The molecule has 0 aliphatic carbocycles. The first-order valence-electron chi connectivity index (χ1n) is 8.31. The second kappa shape index (κ2) is 20.6. The van der Waals surface area contributed by atoms with Gasteiger partial charge in [-0.3, -0.25) is 0 Å². The number of hydrogen-bond donors (Lipinski definition) is 0. The van der Waals surface area contributed by atoms with Crippen molar-refractivity contribution in [1.29, 1.82) is 0 Å². The maximum Gasteiger partial charge on any atom is 1.00 e. The predicted octanol–water partition coefficient (Wildman–Crippen LogP) is 6.45. The molecule has 0 aromatic heterocycles. The van der Waals surface area contributed by atoms with Crippen molar-refractivity contribution < 1.29 is 22.4 Å². The van der Waals surface area contributed by atoms with Crippen LogP contribution in [-0.2, 0) is 22.4 Å². The van der Waals surface area contributed by atoms with Crippen molar-refractivity contribution in [2.45, 2.75) is 103 Å². The van der Waals surface area contributed by atoms with E-state index in [1.54, 1.807) is 0 Å². The van der Waals surface area contributed by atoms with E-state index in [2.05, 4.69) is 12.8 Å². The summed E-state index contributed by atoms with van der Waals surface area (Å²) >= 11 is 0. The van der Waals surface area contributed by atoms with Gasteiger partial charge >= 0.3 is 22.4 Å². The second-order valence-corrected chi connectivity index (χ2v) is 5.52. The SMILES string of the molecule is [Ag+].[C-]#CCCCCCCCCCCCCCCCC. The summed E-state index contributed by atoms with van der Waals surface area (Å²) < 4.78 is 0. The number of rotatable bonds is 14. The van der Waals surface area contributed by atoms with E-state index in [4.69, 9.17) is 6.42 Å². The first-order chi connectivity index (χ1) is 8.91. The quantitative estimate of drug-likeness (QED) is 0.145. The number of unbranched alkanes of at least 4 members (excludes halogenated alkanes) is 14. The van der Waals surface area contributed by atoms with Crippen LogP contribution in [0.5, 0.6) is 0 Å². The Balaban J connectivity index is 0. The minimum Gasteiger partial charge on any atom is -0.694 e. The van der Waals surface area contributed by atoms with Crippen molar-refractivity contribution in [2.75, 3.05) is 0 Å². The molecule has 0 fully saturated rings. The summed E-state index contributed by atoms with van der Waals surface area (Å²) in [7, 11) is 0. The summed E-state index contributed by atoms with van der Waals surface area (Å²) in [6.45, 7) is 2.28. The fraction of sp³-hybridized carbons (Fsp3) is 0.889. The van der Waals surface area contributed by atoms with Crippen LogP contribution in [0, 0.1) is 12.3 Å². The molecule has 0 heterocycles. The fourth-order valence-corrected chi connectivity index (χ4v) is 2.41. The summed E-state index contributed by atoms with van der Waals surface area (Å²) in [6.07, 6.45) is 27.3. The first kappa shape index (κ1) is 21.6. The van der Waals surface area contributed by atoms with Crippen LogP contribution < -0.4 is 0 Å². The molecule has 0 amide bonds. The zero-order valence-electron chi connectivity index (χ0n) is 12.9. The molecule has 116 valence electrons. The molecule has 19 heavy (non-hydrogen) atoms.